The van der Waals surface area contributed by atoms with Crippen molar-refractivity contribution in [1.82, 2.24) is 5.43 Å². The number of rotatable bonds is 5. The summed E-state index contributed by atoms with van der Waals surface area (Å²) in [5.41, 5.74) is 9.63. The summed E-state index contributed by atoms with van der Waals surface area (Å²) in [5, 5.41) is 0. The Morgan fingerprint density at radius 2 is 1.80 bits per heavy atom. The summed E-state index contributed by atoms with van der Waals surface area (Å²) >= 11 is 0. The van der Waals surface area contributed by atoms with Crippen molar-refractivity contribution in [2.45, 2.75) is 39.7 Å². The van der Waals surface area contributed by atoms with Gasteiger partial charge < -0.3 is 0 Å². The minimum absolute atomic E-state index is 0.160. The van der Waals surface area contributed by atoms with Crippen LogP contribution in [0.25, 0.3) is 0 Å². The summed E-state index contributed by atoms with van der Waals surface area (Å²) in [4.78, 5) is 0. The molecule has 0 saturated carbocycles. The van der Waals surface area contributed by atoms with Gasteiger partial charge in [0, 0.05) is 0 Å². The number of hydrogen-bond acceptors (Lipinski definition) is 2. The largest absolute Gasteiger partial charge is 0.271 e. The lowest BCUT2D eigenvalue weighted by Gasteiger charge is -2.20. The molecule has 0 saturated heterocycles. The van der Waals surface area contributed by atoms with Gasteiger partial charge in [0.05, 0.1) is 6.04 Å². The van der Waals surface area contributed by atoms with Crippen molar-refractivity contribution < 1.29 is 0 Å². The molecule has 1 atom stereocenters. The van der Waals surface area contributed by atoms with E-state index in [0.29, 0.717) is 0 Å². The summed E-state index contributed by atoms with van der Waals surface area (Å²) in [6, 6.07) is 15.3. The highest BCUT2D eigenvalue weighted by Gasteiger charge is 2.13. The van der Waals surface area contributed by atoms with E-state index in [2.05, 4.69) is 68.7 Å². The van der Waals surface area contributed by atoms with Crippen molar-refractivity contribution in [2.75, 3.05) is 0 Å². The zero-order chi connectivity index (χ0) is 14.5. The van der Waals surface area contributed by atoms with Crippen LogP contribution in [0.5, 0.6) is 0 Å². The van der Waals surface area contributed by atoms with Crippen molar-refractivity contribution in [3.63, 3.8) is 0 Å². The van der Waals surface area contributed by atoms with Crippen molar-refractivity contribution >= 4 is 0 Å². The maximum absolute atomic E-state index is 5.79. The van der Waals surface area contributed by atoms with Crippen molar-refractivity contribution in [1.29, 1.82) is 0 Å². The van der Waals surface area contributed by atoms with Crippen LogP contribution in [0, 0.1) is 13.8 Å². The van der Waals surface area contributed by atoms with Crippen LogP contribution < -0.4 is 11.3 Å². The topological polar surface area (TPSA) is 38.0 Å². The third kappa shape index (κ3) is 3.27. The highest BCUT2D eigenvalue weighted by molar-refractivity contribution is 5.34. The fourth-order valence-electron chi connectivity index (χ4n) is 2.62. The van der Waals surface area contributed by atoms with Gasteiger partial charge in [0.1, 0.15) is 0 Å². The van der Waals surface area contributed by atoms with Crippen molar-refractivity contribution in [3.05, 3.63) is 70.3 Å². The van der Waals surface area contributed by atoms with Gasteiger partial charge in [-0.05, 0) is 54.5 Å². The normalized spacial score (nSPS) is 12.4. The molecule has 0 spiro atoms. The molecule has 0 aliphatic rings. The van der Waals surface area contributed by atoms with E-state index in [1.54, 1.807) is 0 Å². The summed E-state index contributed by atoms with van der Waals surface area (Å²) in [7, 11) is 0. The van der Waals surface area contributed by atoms with Gasteiger partial charge >= 0.3 is 0 Å². The van der Waals surface area contributed by atoms with Gasteiger partial charge in [0.2, 0.25) is 0 Å². The van der Waals surface area contributed by atoms with Crippen LogP contribution >= 0.6 is 0 Å². The van der Waals surface area contributed by atoms with Crippen LogP contribution in [-0.4, -0.2) is 0 Å². The maximum Gasteiger partial charge on any atom is 0.0503 e. The van der Waals surface area contributed by atoms with Crippen LogP contribution in [0.1, 0.15) is 40.8 Å². The Morgan fingerprint density at radius 3 is 2.45 bits per heavy atom. The SMILES string of the molecule is CCc1ccccc1C(Cc1ccc(C)c(C)c1)NN. The average Bonchev–Trinajstić information content (AvgIpc) is 2.48. The highest BCUT2D eigenvalue weighted by atomic mass is 15.2. The first kappa shape index (κ1) is 14.8. The molecule has 2 rings (SSSR count). The molecule has 0 fully saturated rings. The molecule has 2 heteroatoms. The fraction of sp³-hybridized carbons (Fsp3) is 0.333. The number of aryl methyl sites for hydroxylation is 3. The molecular formula is C18H24N2. The Morgan fingerprint density at radius 1 is 1.05 bits per heavy atom. The molecule has 3 N–H and O–H groups in total. The molecule has 2 nitrogen and oxygen atoms in total. The van der Waals surface area contributed by atoms with E-state index < -0.39 is 0 Å². The zero-order valence-corrected chi connectivity index (χ0v) is 12.6. The second-order valence-electron chi connectivity index (χ2n) is 5.39. The molecule has 0 aliphatic carbocycles. The molecular weight excluding hydrogens is 244 g/mol. The lowest BCUT2D eigenvalue weighted by molar-refractivity contribution is 0.547. The van der Waals surface area contributed by atoms with E-state index in [0.717, 1.165) is 12.8 Å². The van der Waals surface area contributed by atoms with Gasteiger partial charge in [-0.3, -0.25) is 11.3 Å². The first-order valence-corrected chi connectivity index (χ1v) is 7.25. The molecule has 0 bridgehead atoms. The highest BCUT2D eigenvalue weighted by Crippen LogP contribution is 2.23. The minimum Gasteiger partial charge on any atom is -0.271 e. The number of hydrazine groups is 1. The summed E-state index contributed by atoms with van der Waals surface area (Å²) in [6.07, 6.45) is 1.94. The number of hydrogen-bond donors (Lipinski definition) is 2. The van der Waals surface area contributed by atoms with E-state index >= 15 is 0 Å². The van der Waals surface area contributed by atoms with E-state index in [1.165, 1.54) is 27.8 Å². The quantitative estimate of drug-likeness (QED) is 0.642. The van der Waals surface area contributed by atoms with Crippen molar-refractivity contribution in [2.24, 2.45) is 5.84 Å². The van der Waals surface area contributed by atoms with Gasteiger partial charge in [0.15, 0.2) is 0 Å². The maximum atomic E-state index is 5.79. The van der Waals surface area contributed by atoms with Crippen molar-refractivity contribution in [3.8, 4) is 0 Å². The Hall–Kier alpha value is -1.64. The third-order valence-corrected chi connectivity index (χ3v) is 4.02. The molecule has 20 heavy (non-hydrogen) atoms. The zero-order valence-electron chi connectivity index (χ0n) is 12.6. The van der Waals surface area contributed by atoms with E-state index in [1.807, 2.05) is 0 Å². The number of benzene rings is 2. The third-order valence-electron chi connectivity index (χ3n) is 4.02. The molecule has 2 aromatic carbocycles. The Bertz CT molecular complexity index is 575. The number of nitrogens with one attached hydrogen (secondary N) is 1. The molecule has 0 aromatic heterocycles. The monoisotopic (exact) mass is 268 g/mol. The predicted octanol–water partition coefficient (Wildman–Crippen LogP) is 3.61. The molecule has 0 heterocycles. The van der Waals surface area contributed by atoms with Crippen LogP contribution in [0.4, 0.5) is 0 Å². The summed E-state index contributed by atoms with van der Waals surface area (Å²) in [6.45, 7) is 6.48. The molecule has 2 aromatic rings. The predicted molar refractivity (Wildman–Crippen MR) is 85.5 cm³/mol. The first-order chi connectivity index (χ1) is 9.65. The molecule has 0 aliphatic heterocycles. The molecule has 106 valence electrons. The molecule has 1 unspecified atom stereocenters. The van der Waals surface area contributed by atoms with E-state index in [-0.39, 0.29) is 6.04 Å². The van der Waals surface area contributed by atoms with Crippen LogP contribution in [0.3, 0.4) is 0 Å². The van der Waals surface area contributed by atoms with Crippen LogP contribution in [0.15, 0.2) is 42.5 Å². The Labute approximate surface area is 122 Å². The van der Waals surface area contributed by atoms with Gasteiger partial charge in [-0.25, -0.2) is 0 Å². The Kier molecular flexibility index (Phi) is 4.94. The Balaban J connectivity index is 2.26. The van der Waals surface area contributed by atoms with Crippen LogP contribution in [0.2, 0.25) is 0 Å². The standard InChI is InChI=1S/C18H24N2/c1-4-16-7-5-6-8-17(16)18(20-19)12-15-10-9-13(2)14(3)11-15/h5-11,18,20H,4,12,19H2,1-3H3. The van der Waals surface area contributed by atoms with E-state index in [9.17, 15) is 0 Å². The second-order valence-corrected chi connectivity index (χ2v) is 5.39. The van der Waals surface area contributed by atoms with Gasteiger partial charge in [0.25, 0.3) is 0 Å². The first-order valence-electron chi connectivity index (χ1n) is 7.25. The molecule has 0 radical (unpaired) electrons. The smallest absolute Gasteiger partial charge is 0.0503 e. The lowest BCUT2D eigenvalue weighted by atomic mass is 9.93. The number of nitrogens with two attached hydrogens (primary N) is 1. The van der Waals surface area contributed by atoms with Gasteiger partial charge in [-0.2, -0.15) is 0 Å². The fourth-order valence-corrected chi connectivity index (χ4v) is 2.62. The minimum atomic E-state index is 0.160. The molecule has 0 amide bonds. The van der Waals surface area contributed by atoms with Crippen LogP contribution in [-0.2, 0) is 12.8 Å². The average molecular weight is 268 g/mol. The summed E-state index contributed by atoms with van der Waals surface area (Å²) < 4.78 is 0. The van der Waals surface area contributed by atoms with E-state index in [4.69, 9.17) is 5.84 Å². The lowest BCUT2D eigenvalue weighted by Crippen LogP contribution is -2.30. The summed E-state index contributed by atoms with van der Waals surface area (Å²) in [5.74, 6) is 5.79. The second kappa shape index (κ2) is 6.69. The van der Waals surface area contributed by atoms with Gasteiger partial charge in [-0.1, -0.05) is 49.4 Å². The van der Waals surface area contributed by atoms with Gasteiger partial charge in [-0.15, -0.1) is 0 Å².